The van der Waals surface area contributed by atoms with Crippen LogP contribution in [0.2, 0.25) is 0 Å². The predicted molar refractivity (Wildman–Crippen MR) is 111 cm³/mol. The maximum Gasteiger partial charge on any atom is 0.255 e. The fourth-order valence-electron chi connectivity index (χ4n) is 3.80. The molecule has 0 saturated carbocycles. The maximum absolute atomic E-state index is 13.2. The first-order chi connectivity index (χ1) is 13.2. The van der Waals surface area contributed by atoms with Crippen LogP contribution in [0.25, 0.3) is 0 Å². The number of hydrogen-bond donors (Lipinski definition) is 2. The van der Waals surface area contributed by atoms with Crippen molar-refractivity contribution >= 4 is 11.8 Å². The van der Waals surface area contributed by atoms with Gasteiger partial charge >= 0.3 is 0 Å². The van der Waals surface area contributed by atoms with Crippen molar-refractivity contribution in [2.45, 2.75) is 60.0 Å². The van der Waals surface area contributed by atoms with Crippen LogP contribution in [0.3, 0.4) is 0 Å². The largest absolute Gasteiger partial charge is 0.352 e. The smallest absolute Gasteiger partial charge is 0.255 e. The Kier molecular flexibility index (Phi) is 7.80. The summed E-state index contributed by atoms with van der Waals surface area (Å²) in [6.07, 6.45) is 1.96. The lowest BCUT2D eigenvalue weighted by Crippen LogP contribution is -2.42. The Balaban J connectivity index is 2.19. The summed E-state index contributed by atoms with van der Waals surface area (Å²) in [6.45, 7) is 12.7. The normalized spacial score (nSPS) is 15.1. The number of nitrogens with zero attached hydrogens (tertiary/aromatic N) is 2. The monoisotopic (exact) mass is 390 g/mol. The Morgan fingerprint density at radius 3 is 2.43 bits per heavy atom. The third-order valence-corrected chi connectivity index (χ3v) is 5.32. The number of carbonyl (C=O) groups excluding carboxylic acids is 2. The predicted octanol–water partition coefficient (Wildman–Crippen LogP) is 1.45. The van der Waals surface area contributed by atoms with Gasteiger partial charge in [-0.25, -0.2) is 0 Å². The third-order valence-electron chi connectivity index (χ3n) is 5.32. The van der Waals surface area contributed by atoms with Crippen LogP contribution >= 0.6 is 0 Å². The minimum Gasteiger partial charge on any atom is -0.352 e. The molecule has 1 aliphatic rings. The molecule has 7 nitrogen and oxygen atoms in total. The number of amides is 2. The van der Waals surface area contributed by atoms with Gasteiger partial charge in [-0.3, -0.25) is 14.4 Å². The molecule has 2 heterocycles. The quantitative estimate of drug-likeness (QED) is 0.738. The first-order valence-corrected chi connectivity index (χ1v) is 10.2. The van der Waals surface area contributed by atoms with Crippen molar-refractivity contribution in [1.29, 1.82) is 0 Å². The Morgan fingerprint density at radius 2 is 1.86 bits per heavy atom. The van der Waals surface area contributed by atoms with E-state index in [9.17, 15) is 14.4 Å². The summed E-state index contributed by atoms with van der Waals surface area (Å²) in [5.74, 6) is 0.321. The topological polar surface area (TPSA) is 83.4 Å². The fraction of sp³-hybridized carbons (Fsp3) is 0.667. The van der Waals surface area contributed by atoms with Gasteiger partial charge in [-0.1, -0.05) is 6.92 Å². The highest BCUT2D eigenvalue weighted by atomic mass is 16.2. The molecule has 1 fully saturated rings. The number of rotatable bonds is 7. The van der Waals surface area contributed by atoms with Crippen molar-refractivity contribution in [2.24, 2.45) is 5.92 Å². The molecule has 0 atom stereocenters. The Bertz CT molecular complexity index is 762. The van der Waals surface area contributed by atoms with Gasteiger partial charge < -0.3 is 20.1 Å². The van der Waals surface area contributed by atoms with E-state index in [4.69, 9.17) is 0 Å². The van der Waals surface area contributed by atoms with Crippen LogP contribution in [-0.2, 0) is 11.3 Å². The average Bonchev–Trinajstić information content (AvgIpc) is 2.63. The van der Waals surface area contributed by atoms with E-state index in [1.54, 1.807) is 13.8 Å². The summed E-state index contributed by atoms with van der Waals surface area (Å²) in [5.41, 5.74) is 1.52. The van der Waals surface area contributed by atoms with Gasteiger partial charge in [0.2, 0.25) is 5.91 Å². The standard InChI is InChI=1S/C21H34N4O3/c1-6-22-12-17-7-9-24(10-8-17)21(28)20-15(4)11-19(27)25(16(20)5)13-18(26)23-14(2)3/h11,14,17,22H,6-10,12-13H2,1-5H3,(H,23,26). The lowest BCUT2D eigenvalue weighted by molar-refractivity contribution is -0.122. The molecule has 0 radical (unpaired) electrons. The van der Waals surface area contributed by atoms with Crippen LogP contribution in [0, 0.1) is 19.8 Å². The molecule has 1 aromatic rings. The first kappa shape index (κ1) is 22.1. The van der Waals surface area contributed by atoms with E-state index < -0.39 is 0 Å². The molecule has 28 heavy (non-hydrogen) atoms. The third kappa shape index (κ3) is 5.44. The van der Waals surface area contributed by atoms with Crippen molar-refractivity contribution < 1.29 is 9.59 Å². The molecular formula is C21H34N4O3. The van der Waals surface area contributed by atoms with Gasteiger partial charge in [0.25, 0.3) is 11.5 Å². The van der Waals surface area contributed by atoms with E-state index in [0.29, 0.717) is 22.7 Å². The zero-order valence-electron chi connectivity index (χ0n) is 17.8. The van der Waals surface area contributed by atoms with Gasteiger partial charge in [-0.15, -0.1) is 0 Å². The zero-order valence-corrected chi connectivity index (χ0v) is 17.8. The number of nitrogens with one attached hydrogen (secondary N) is 2. The van der Waals surface area contributed by atoms with Crippen LogP contribution in [0.4, 0.5) is 0 Å². The van der Waals surface area contributed by atoms with Crippen molar-refractivity contribution in [3.8, 4) is 0 Å². The van der Waals surface area contributed by atoms with Crippen molar-refractivity contribution in [3.63, 3.8) is 0 Å². The number of aromatic nitrogens is 1. The Morgan fingerprint density at radius 1 is 1.21 bits per heavy atom. The number of pyridine rings is 1. The van der Waals surface area contributed by atoms with Gasteiger partial charge in [0.05, 0.1) is 5.56 Å². The van der Waals surface area contributed by atoms with E-state index in [0.717, 1.165) is 39.0 Å². The van der Waals surface area contributed by atoms with E-state index in [2.05, 4.69) is 17.6 Å². The van der Waals surface area contributed by atoms with E-state index >= 15 is 0 Å². The molecule has 0 spiro atoms. The molecule has 2 N–H and O–H groups in total. The SMILES string of the molecule is CCNCC1CCN(C(=O)c2c(C)cc(=O)n(CC(=O)NC(C)C)c2C)CC1. The lowest BCUT2D eigenvalue weighted by atomic mass is 9.95. The fourth-order valence-corrected chi connectivity index (χ4v) is 3.80. The number of aryl methyl sites for hydroxylation is 1. The van der Waals surface area contributed by atoms with E-state index in [-0.39, 0.29) is 30.0 Å². The Labute approximate surface area is 167 Å². The van der Waals surface area contributed by atoms with Crippen LogP contribution in [0.5, 0.6) is 0 Å². The molecule has 7 heteroatoms. The maximum atomic E-state index is 13.2. The number of carbonyl (C=O) groups is 2. The number of hydrogen-bond acceptors (Lipinski definition) is 4. The molecule has 0 unspecified atom stereocenters. The van der Waals surface area contributed by atoms with Crippen LogP contribution in [0.1, 0.15) is 55.2 Å². The summed E-state index contributed by atoms with van der Waals surface area (Å²) in [5, 5.41) is 6.17. The second-order valence-corrected chi connectivity index (χ2v) is 7.98. The summed E-state index contributed by atoms with van der Waals surface area (Å²) < 4.78 is 1.40. The van der Waals surface area contributed by atoms with E-state index in [1.807, 2.05) is 18.7 Å². The number of piperidine rings is 1. The first-order valence-electron chi connectivity index (χ1n) is 10.2. The summed E-state index contributed by atoms with van der Waals surface area (Å²) in [7, 11) is 0. The van der Waals surface area contributed by atoms with Gasteiger partial charge in [-0.2, -0.15) is 0 Å². The molecular weight excluding hydrogens is 356 g/mol. The van der Waals surface area contributed by atoms with Gasteiger partial charge in [-0.05, 0) is 65.1 Å². The molecule has 2 amide bonds. The molecule has 0 aliphatic carbocycles. The molecule has 1 saturated heterocycles. The van der Waals surface area contributed by atoms with Crippen LogP contribution in [0.15, 0.2) is 10.9 Å². The van der Waals surface area contributed by atoms with Crippen LogP contribution < -0.4 is 16.2 Å². The molecule has 1 aromatic heterocycles. The van der Waals surface area contributed by atoms with Gasteiger partial charge in [0.1, 0.15) is 6.54 Å². The molecule has 0 bridgehead atoms. The van der Waals surface area contributed by atoms with Crippen molar-refractivity contribution in [2.75, 3.05) is 26.2 Å². The lowest BCUT2D eigenvalue weighted by Gasteiger charge is -2.33. The minimum atomic E-state index is -0.255. The summed E-state index contributed by atoms with van der Waals surface area (Å²) >= 11 is 0. The second kappa shape index (κ2) is 9.87. The summed E-state index contributed by atoms with van der Waals surface area (Å²) in [6, 6.07) is 1.46. The number of likely N-dealkylation sites (tertiary alicyclic amines) is 1. The van der Waals surface area contributed by atoms with Crippen molar-refractivity contribution in [3.05, 3.63) is 33.2 Å². The highest BCUT2D eigenvalue weighted by molar-refractivity contribution is 5.96. The van der Waals surface area contributed by atoms with E-state index in [1.165, 1.54) is 10.6 Å². The van der Waals surface area contributed by atoms with Crippen LogP contribution in [-0.4, -0.2) is 53.5 Å². The molecule has 0 aromatic carbocycles. The van der Waals surface area contributed by atoms with Crippen molar-refractivity contribution in [1.82, 2.24) is 20.1 Å². The zero-order chi connectivity index (χ0) is 20.8. The van der Waals surface area contributed by atoms with Gasteiger partial charge in [0.15, 0.2) is 0 Å². The molecule has 2 rings (SSSR count). The molecule has 1 aliphatic heterocycles. The minimum absolute atomic E-state index is 0.00134. The Hall–Kier alpha value is -2.15. The highest BCUT2D eigenvalue weighted by Crippen LogP contribution is 2.21. The second-order valence-electron chi connectivity index (χ2n) is 7.98. The average molecular weight is 391 g/mol. The van der Waals surface area contributed by atoms with Gasteiger partial charge in [0, 0.05) is 30.9 Å². The summed E-state index contributed by atoms with van der Waals surface area (Å²) in [4.78, 5) is 39.6. The molecule has 156 valence electrons. The highest BCUT2D eigenvalue weighted by Gasteiger charge is 2.27.